The van der Waals surface area contributed by atoms with Crippen LogP contribution in [0.4, 0.5) is 0 Å². The molecule has 0 aliphatic rings. The fraction of sp³-hybridized carbons (Fsp3) is 0.429. The van der Waals surface area contributed by atoms with E-state index in [0.717, 1.165) is 0 Å². The summed E-state index contributed by atoms with van der Waals surface area (Å²) in [6.45, 7) is 2.15. The number of hydrogen-bond donors (Lipinski definition) is 1. The van der Waals surface area contributed by atoms with E-state index in [4.69, 9.17) is 9.47 Å². The molecule has 0 aromatic heterocycles. The summed E-state index contributed by atoms with van der Waals surface area (Å²) >= 11 is 3.29. The molecule has 1 rings (SSSR count). The molecule has 0 aliphatic heterocycles. The van der Waals surface area contributed by atoms with Gasteiger partial charge in [0.2, 0.25) is 0 Å². The van der Waals surface area contributed by atoms with Crippen LogP contribution in [-0.2, 0) is 14.3 Å². The lowest BCUT2D eigenvalue weighted by Crippen LogP contribution is -2.38. The monoisotopic (exact) mass is 359 g/mol. The van der Waals surface area contributed by atoms with Gasteiger partial charge >= 0.3 is 5.97 Å². The van der Waals surface area contributed by atoms with E-state index in [2.05, 4.69) is 26.0 Å². The number of rotatable bonds is 7. The van der Waals surface area contributed by atoms with Gasteiger partial charge in [0.05, 0.1) is 23.8 Å². The average molecular weight is 360 g/mol. The van der Waals surface area contributed by atoms with Gasteiger partial charge in [-0.05, 0) is 41.1 Å². The molecule has 1 unspecified atom stereocenters. The van der Waals surface area contributed by atoms with Gasteiger partial charge in [0.25, 0.3) is 5.91 Å². The summed E-state index contributed by atoms with van der Waals surface area (Å²) in [5, 5.41) is 2.73. The van der Waals surface area contributed by atoms with Crippen molar-refractivity contribution in [2.75, 3.05) is 27.4 Å². The number of amides is 1. The van der Waals surface area contributed by atoms with Gasteiger partial charge in [0.15, 0.2) is 6.61 Å². The average Bonchev–Trinajstić information content (AvgIpc) is 2.45. The van der Waals surface area contributed by atoms with Gasteiger partial charge in [-0.1, -0.05) is 0 Å². The Hall–Kier alpha value is -1.60. The smallest absolute Gasteiger partial charge is 0.337 e. The van der Waals surface area contributed by atoms with Crippen LogP contribution in [0.5, 0.6) is 5.75 Å². The number of carbonyl (C=O) groups is 2. The molecular weight excluding hydrogens is 342 g/mol. The SMILES string of the molecule is COCC(C)NC(=O)COc1ccc(C(=O)OC)cc1Br. The first-order valence-corrected chi connectivity index (χ1v) is 7.06. The van der Waals surface area contributed by atoms with E-state index in [9.17, 15) is 9.59 Å². The first-order chi connectivity index (χ1) is 9.97. The van der Waals surface area contributed by atoms with Gasteiger partial charge in [-0.2, -0.15) is 0 Å². The Labute approximate surface area is 131 Å². The lowest BCUT2D eigenvalue weighted by Gasteiger charge is -2.13. The second kappa shape index (κ2) is 8.63. The number of halogens is 1. The van der Waals surface area contributed by atoms with Gasteiger partial charge < -0.3 is 19.5 Å². The second-order valence-electron chi connectivity index (χ2n) is 4.35. The topological polar surface area (TPSA) is 73.9 Å². The Bertz CT molecular complexity index is 506. The molecule has 0 heterocycles. The van der Waals surface area contributed by atoms with Crippen molar-refractivity contribution in [1.82, 2.24) is 5.32 Å². The molecule has 1 atom stereocenters. The van der Waals surface area contributed by atoms with Crippen molar-refractivity contribution in [3.63, 3.8) is 0 Å². The molecule has 1 amide bonds. The molecule has 1 N–H and O–H groups in total. The third kappa shape index (κ3) is 5.73. The lowest BCUT2D eigenvalue weighted by molar-refractivity contribution is -0.124. The molecule has 0 aliphatic carbocycles. The summed E-state index contributed by atoms with van der Waals surface area (Å²) in [6, 6.07) is 4.66. The fourth-order valence-electron chi connectivity index (χ4n) is 1.61. The molecule has 116 valence electrons. The van der Waals surface area contributed by atoms with Gasteiger partial charge in [-0.15, -0.1) is 0 Å². The number of benzene rings is 1. The quantitative estimate of drug-likeness (QED) is 0.751. The highest BCUT2D eigenvalue weighted by molar-refractivity contribution is 9.10. The second-order valence-corrected chi connectivity index (χ2v) is 5.20. The van der Waals surface area contributed by atoms with Crippen LogP contribution in [-0.4, -0.2) is 45.4 Å². The Morgan fingerprint density at radius 1 is 1.33 bits per heavy atom. The fourth-order valence-corrected chi connectivity index (χ4v) is 2.11. The Kier molecular flexibility index (Phi) is 7.18. The molecule has 0 spiro atoms. The largest absolute Gasteiger partial charge is 0.483 e. The summed E-state index contributed by atoms with van der Waals surface area (Å²) in [5.74, 6) is -0.214. The molecule has 1 aromatic rings. The molecule has 0 saturated heterocycles. The minimum atomic E-state index is -0.437. The van der Waals surface area contributed by atoms with E-state index in [-0.39, 0.29) is 18.6 Å². The predicted octanol–water partition coefficient (Wildman–Crippen LogP) is 1.77. The summed E-state index contributed by atoms with van der Waals surface area (Å²) < 4.78 is 15.5. The van der Waals surface area contributed by atoms with Crippen molar-refractivity contribution in [2.24, 2.45) is 0 Å². The molecule has 6 nitrogen and oxygen atoms in total. The molecule has 7 heteroatoms. The highest BCUT2D eigenvalue weighted by Gasteiger charge is 2.11. The Balaban J connectivity index is 2.56. The van der Waals surface area contributed by atoms with Crippen LogP contribution in [0.2, 0.25) is 0 Å². The number of methoxy groups -OCH3 is 2. The van der Waals surface area contributed by atoms with Crippen LogP contribution >= 0.6 is 15.9 Å². The molecule has 0 bridgehead atoms. The van der Waals surface area contributed by atoms with Crippen molar-refractivity contribution < 1.29 is 23.8 Å². The minimum absolute atomic E-state index is 0.0868. The maximum Gasteiger partial charge on any atom is 0.337 e. The maximum atomic E-state index is 11.7. The van der Waals surface area contributed by atoms with Crippen LogP contribution in [0, 0.1) is 0 Å². The number of esters is 1. The van der Waals surface area contributed by atoms with Crippen molar-refractivity contribution in [1.29, 1.82) is 0 Å². The zero-order chi connectivity index (χ0) is 15.8. The third-order valence-corrected chi connectivity index (χ3v) is 3.16. The maximum absolute atomic E-state index is 11.7. The molecule has 0 radical (unpaired) electrons. The molecule has 0 saturated carbocycles. The molecule has 0 fully saturated rings. The van der Waals surface area contributed by atoms with E-state index in [1.165, 1.54) is 7.11 Å². The van der Waals surface area contributed by atoms with E-state index >= 15 is 0 Å². The van der Waals surface area contributed by atoms with Gasteiger partial charge in [0.1, 0.15) is 5.75 Å². The first-order valence-electron chi connectivity index (χ1n) is 6.27. The summed E-state index contributed by atoms with van der Waals surface area (Å²) in [7, 11) is 2.88. The molecular formula is C14H18BrNO5. The van der Waals surface area contributed by atoms with E-state index in [1.807, 2.05) is 6.92 Å². The Morgan fingerprint density at radius 3 is 2.62 bits per heavy atom. The highest BCUT2D eigenvalue weighted by Crippen LogP contribution is 2.26. The van der Waals surface area contributed by atoms with Gasteiger partial charge in [-0.25, -0.2) is 4.79 Å². The summed E-state index contributed by atoms with van der Waals surface area (Å²) in [5.41, 5.74) is 0.398. The summed E-state index contributed by atoms with van der Waals surface area (Å²) in [6.07, 6.45) is 0. The van der Waals surface area contributed by atoms with Gasteiger partial charge in [-0.3, -0.25) is 4.79 Å². The number of carbonyl (C=O) groups excluding carboxylic acids is 2. The van der Waals surface area contributed by atoms with Gasteiger partial charge in [0, 0.05) is 13.2 Å². The van der Waals surface area contributed by atoms with Crippen LogP contribution in [0.15, 0.2) is 22.7 Å². The lowest BCUT2D eigenvalue weighted by atomic mass is 10.2. The zero-order valence-electron chi connectivity index (χ0n) is 12.1. The van der Waals surface area contributed by atoms with E-state index in [0.29, 0.717) is 22.4 Å². The predicted molar refractivity (Wildman–Crippen MR) is 80.5 cm³/mol. The van der Waals surface area contributed by atoms with Crippen LogP contribution in [0.25, 0.3) is 0 Å². The molecule has 1 aromatic carbocycles. The van der Waals surface area contributed by atoms with Crippen LogP contribution in [0.1, 0.15) is 17.3 Å². The van der Waals surface area contributed by atoms with E-state index in [1.54, 1.807) is 25.3 Å². The molecule has 21 heavy (non-hydrogen) atoms. The van der Waals surface area contributed by atoms with E-state index < -0.39 is 5.97 Å². The van der Waals surface area contributed by atoms with Crippen LogP contribution < -0.4 is 10.1 Å². The number of hydrogen-bond acceptors (Lipinski definition) is 5. The van der Waals surface area contributed by atoms with Crippen molar-refractivity contribution in [2.45, 2.75) is 13.0 Å². The number of ether oxygens (including phenoxy) is 3. The Morgan fingerprint density at radius 2 is 2.05 bits per heavy atom. The van der Waals surface area contributed by atoms with Crippen molar-refractivity contribution in [3.05, 3.63) is 28.2 Å². The van der Waals surface area contributed by atoms with Crippen molar-refractivity contribution in [3.8, 4) is 5.75 Å². The first kappa shape index (κ1) is 17.5. The number of nitrogens with one attached hydrogen (secondary N) is 1. The highest BCUT2D eigenvalue weighted by atomic mass is 79.9. The standard InChI is InChI=1S/C14H18BrNO5/c1-9(7-19-2)16-13(17)8-21-12-5-4-10(6-11(12)15)14(18)20-3/h4-6,9H,7-8H2,1-3H3,(H,16,17). The normalized spacial score (nSPS) is 11.6. The third-order valence-electron chi connectivity index (χ3n) is 2.54. The minimum Gasteiger partial charge on any atom is -0.483 e. The van der Waals surface area contributed by atoms with Crippen molar-refractivity contribution >= 4 is 27.8 Å². The van der Waals surface area contributed by atoms with Crippen LogP contribution in [0.3, 0.4) is 0 Å². The zero-order valence-corrected chi connectivity index (χ0v) is 13.7. The summed E-state index contributed by atoms with van der Waals surface area (Å²) in [4.78, 5) is 23.0.